The Hall–Kier alpha value is -3.32. The number of carbonyl (C=O) groups is 2. The zero-order chi connectivity index (χ0) is 19.7. The van der Waals surface area contributed by atoms with Gasteiger partial charge < -0.3 is 20.9 Å². The maximum atomic E-state index is 12.3. The van der Waals surface area contributed by atoms with Crippen molar-refractivity contribution in [3.8, 4) is 0 Å². The Kier molecular flexibility index (Phi) is 4.75. The van der Waals surface area contributed by atoms with E-state index in [2.05, 4.69) is 39.6 Å². The summed E-state index contributed by atoms with van der Waals surface area (Å²) < 4.78 is 0. The zero-order valence-corrected chi connectivity index (χ0v) is 15.7. The summed E-state index contributed by atoms with van der Waals surface area (Å²) in [4.78, 5) is 29.0. The highest BCUT2D eigenvalue weighted by atomic mass is 16.2. The van der Waals surface area contributed by atoms with Crippen LogP contribution in [0.4, 0.5) is 17.1 Å². The van der Waals surface area contributed by atoms with Crippen LogP contribution < -0.4 is 21.3 Å². The van der Waals surface area contributed by atoms with Crippen LogP contribution in [-0.2, 0) is 4.79 Å². The van der Waals surface area contributed by atoms with Gasteiger partial charge in [-0.2, -0.15) is 0 Å². The van der Waals surface area contributed by atoms with Crippen molar-refractivity contribution in [2.45, 2.75) is 0 Å². The number of anilines is 3. The average Bonchev–Trinajstić information content (AvgIpc) is 2.68. The molecule has 0 saturated carbocycles. The number of nitrogens with zero attached hydrogens (tertiary/aromatic N) is 2. The van der Waals surface area contributed by atoms with Gasteiger partial charge in [0.05, 0.1) is 5.57 Å². The Bertz CT molecular complexity index is 944. The number of nitrogens with one attached hydrogen (secondary N) is 2. The number of hydrogen-bond donors (Lipinski definition) is 3. The molecule has 1 saturated heterocycles. The number of rotatable bonds is 3. The summed E-state index contributed by atoms with van der Waals surface area (Å²) in [5.41, 5.74) is 9.74. The molecule has 28 heavy (non-hydrogen) atoms. The third-order valence-electron chi connectivity index (χ3n) is 5.17. The number of benzene rings is 2. The number of carbonyl (C=O) groups excluding carboxylic acids is 2. The van der Waals surface area contributed by atoms with Crippen LogP contribution in [0.2, 0.25) is 0 Å². The minimum absolute atomic E-state index is 0.380. The Morgan fingerprint density at radius 2 is 1.68 bits per heavy atom. The molecule has 4 N–H and O–H groups in total. The second kappa shape index (κ2) is 7.36. The molecule has 0 radical (unpaired) electrons. The topological polar surface area (TPSA) is 90.7 Å². The van der Waals surface area contributed by atoms with E-state index in [0.717, 1.165) is 31.9 Å². The van der Waals surface area contributed by atoms with Gasteiger partial charge in [-0.25, -0.2) is 0 Å². The van der Waals surface area contributed by atoms with E-state index >= 15 is 0 Å². The van der Waals surface area contributed by atoms with Gasteiger partial charge in [0, 0.05) is 60.6 Å². The van der Waals surface area contributed by atoms with Gasteiger partial charge in [-0.1, -0.05) is 0 Å². The molecule has 2 heterocycles. The maximum Gasteiger partial charge on any atom is 0.260 e. The first kappa shape index (κ1) is 18.1. The number of hydrogen-bond acceptors (Lipinski definition) is 6. The van der Waals surface area contributed by atoms with Crippen molar-refractivity contribution >= 4 is 34.4 Å². The minimum Gasteiger partial charge on any atom is -0.399 e. The lowest BCUT2D eigenvalue weighted by atomic mass is 9.95. The molecule has 0 spiro atoms. The monoisotopic (exact) mass is 377 g/mol. The first-order valence-electron chi connectivity index (χ1n) is 9.27. The van der Waals surface area contributed by atoms with Crippen molar-refractivity contribution in [3.63, 3.8) is 0 Å². The number of likely N-dealkylation sites (N-methyl/N-ethyl adjacent to an activating group) is 1. The lowest BCUT2D eigenvalue weighted by Gasteiger charge is -2.34. The molecule has 144 valence electrons. The summed E-state index contributed by atoms with van der Waals surface area (Å²) in [7, 11) is 2.14. The van der Waals surface area contributed by atoms with E-state index in [1.165, 1.54) is 5.69 Å². The molecular formula is C21H23N5O2. The van der Waals surface area contributed by atoms with E-state index < -0.39 is 11.8 Å². The van der Waals surface area contributed by atoms with Gasteiger partial charge in [0.2, 0.25) is 0 Å². The predicted molar refractivity (Wildman–Crippen MR) is 111 cm³/mol. The second-order valence-corrected chi connectivity index (χ2v) is 7.13. The summed E-state index contributed by atoms with van der Waals surface area (Å²) in [6, 6.07) is 13.0. The Labute approximate surface area is 163 Å². The third-order valence-corrected chi connectivity index (χ3v) is 5.17. The Morgan fingerprint density at radius 3 is 2.39 bits per heavy atom. The first-order chi connectivity index (χ1) is 13.5. The molecule has 2 aliphatic heterocycles. The Balaban J connectivity index is 1.53. The van der Waals surface area contributed by atoms with Crippen molar-refractivity contribution < 1.29 is 9.59 Å². The number of amides is 2. The quantitative estimate of drug-likeness (QED) is 0.429. The van der Waals surface area contributed by atoms with Gasteiger partial charge in [0.25, 0.3) is 11.8 Å². The Morgan fingerprint density at radius 1 is 0.964 bits per heavy atom. The third kappa shape index (κ3) is 3.57. The van der Waals surface area contributed by atoms with E-state index in [0.29, 0.717) is 22.4 Å². The van der Waals surface area contributed by atoms with Crippen LogP contribution in [-0.4, -0.2) is 49.9 Å². The fourth-order valence-corrected chi connectivity index (χ4v) is 3.47. The maximum absolute atomic E-state index is 12.3. The number of nitrogen functional groups attached to an aromatic ring is 1. The molecule has 0 aliphatic carbocycles. The summed E-state index contributed by atoms with van der Waals surface area (Å²) in [6.07, 6.45) is 1.62. The van der Waals surface area contributed by atoms with E-state index in [4.69, 9.17) is 5.73 Å². The molecule has 0 bridgehead atoms. The summed E-state index contributed by atoms with van der Waals surface area (Å²) in [5.74, 6) is -0.849. The van der Waals surface area contributed by atoms with E-state index in [1.807, 2.05) is 12.1 Å². The highest BCUT2D eigenvalue weighted by Crippen LogP contribution is 2.27. The number of imide groups is 1. The average molecular weight is 377 g/mol. The zero-order valence-electron chi connectivity index (χ0n) is 15.7. The molecular weight excluding hydrogens is 354 g/mol. The standard InChI is InChI=1S/C21H23N5O2/c1-25-8-10-26(11-9-25)16-5-3-15(4-6-16)23-13-19-18-12-14(22)2-7-17(18)20(27)24-21(19)28/h2-7,12-13,23H,8-11,22H2,1H3,(H,24,27,28). The fraction of sp³-hybridized carbons (Fsp3) is 0.238. The normalized spacial score (nSPS) is 18.8. The molecule has 2 aromatic rings. The van der Waals surface area contributed by atoms with Crippen LogP contribution >= 0.6 is 0 Å². The molecule has 2 aromatic carbocycles. The van der Waals surface area contributed by atoms with Gasteiger partial charge in [-0.3, -0.25) is 14.9 Å². The number of piperazine rings is 1. The van der Waals surface area contributed by atoms with Crippen LogP contribution in [0.15, 0.2) is 48.7 Å². The van der Waals surface area contributed by atoms with Crippen molar-refractivity contribution in [3.05, 3.63) is 59.8 Å². The SMILES string of the molecule is CN1CCN(c2ccc(NC=C3C(=O)NC(=O)c4ccc(N)cc43)cc2)CC1. The van der Waals surface area contributed by atoms with Crippen molar-refractivity contribution in [2.75, 3.05) is 49.2 Å². The number of nitrogens with two attached hydrogens (primary N) is 1. The van der Waals surface area contributed by atoms with Crippen LogP contribution in [0, 0.1) is 0 Å². The highest BCUT2D eigenvalue weighted by Gasteiger charge is 2.27. The van der Waals surface area contributed by atoms with Gasteiger partial charge in [0.1, 0.15) is 0 Å². The van der Waals surface area contributed by atoms with Crippen molar-refractivity contribution in [1.82, 2.24) is 10.2 Å². The van der Waals surface area contributed by atoms with Gasteiger partial charge in [-0.05, 0) is 49.5 Å². The molecule has 0 unspecified atom stereocenters. The lowest BCUT2D eigenvalue weighted by molar-refractivity contribution is -0.114. The van der Waals surface area contributed by atoms with Crippen LogP contribution in [0.25, 0.3) is 5.57 Å². The van der Waals surface area contributed by atoms with Crippen LogP contribution in [0.1, 0.15) is 15.9 Å². The molecule has 2 amide bonds. The summed E-state index contributed by atoms with van der Waals surface area (Å²) in [6.45, 7) is 4.14. The molecule has 7 nitrogen and oxygen atoms in total. The van der Waals surface area contributed by atoms with Crippen molar-refractivity contribution in [2.24, 2.45) is 0 Å². The smallest absolute Gasteiger partial charge is 0.260 e. The highest BCUT2D eigenvalue weighted by molar-refractivity contribution is 6.31. The molecule has 0 atom stereocenters. The minimum atomic E-state index is -0.440. The molecule has 2 aliphatic rings. The molecule has 0 aromatic heterocycles. The summed E-state index contributed by atoms with van der Waals surface area (Å²) in [5, 5.41) is 5.51. The number of fused-ring (bicyclic) bond motifs is 1. The van der Waals surface area contributed by atoms with Gasteiger partial charge in [-0.15, -0.1) is 0 Å². The van der Waals surface area contributed by atoms with Gasteiger partial charge in [0.15, 0.2) is 0 Å². The van der Waals surface area contributed by atoms with Crippen molar-refractivity contribution in [1.29, 1.82) is 0 Å². The molecule has 1 fully saturated rings. The van der Waals surface area contributed by atoms with Crippen LogP contribution in [0.3, 0.4) is 0 Å². The molecule has 7 heteroatoms. The van der Waals surface area contributed by atoms with E-state index in [-0.39, 0.29) is 0 Å². The van der Waals surface area contributed by atoms with Gasteiger partial charge >= 0.3 is 0 Å². The van der Waals surface area contributed by atoms with E-state index in [9.17, 15) is 9.59 Å². The van der Waals surface area contributed by atoms with Crippen LogP contribution in [0.5, 0.6) is 0 Å². The second-order valence-electron chi connectivity index (χ2n) is 7.13. The lowest BCUT2D eigenvalue weighted by Crippen LogP contribution is -2.44. The predicted octanol–water partition coefficient (Wildman–Crippen LogP) is 1.74. The fourth-order valence-electron chi connectivity index (χ4n) is 3.47. The largest absolute Gasteiger partial charge is 0.399 e. The van der Waals surface area contributed by atoms with E-state index in [1.54, 1.807) is 24.4 Å². The molecule has 4 rings (SSSR count). The summed E-state index contributed by atoms with van der Waals surface area (Å²) >= 11 is 0. The first-order valence-corrected chi connectivity index (χ1v) is 9.27.